The highest BCUT2D eigenvalue weighted by molar-refractivity contribution is 5.92. The van der Waals surface area contributed by atoms with Gasteiger partial charge in [0.05, 0.1) is 4.91 Å². The number of benzene rings is 1. The molecule has 82 valence electrons. The lowest BCUT2D eigenvalue weighted by Gasteiger charge is -1.88. The smallest absolute Gasteiger partial charge is 0.371 e. The number of aromatic carboxylic acids is 1. The van der Waals surface area contributed by atoms with Gasteiger partial charge in [-0.1, -0.05) is 0 Å². The van der Waals surface area contributed by atoms with Crippen molar-refractivity contribution in [3.8, 4) is 0 Å². The molecule has 0 spiro atoms. The third-order valence-electron chi connectivity index (χ3n) is 2.09. The molecule has 1 aromatic carbocycles. The summed E-state index contributed by atoms with van der Waals surface area (Å²) in [7, 11) is 1.25. The van der Waals surface area contributed by atoms with Crippen LogP contribution < -0.4 is 0 Å². The molecule has 1 aromatic heterocycles. The maximum Gasteiger partial charge on any atom is 0.371 e. The van der Waals surface area contributed by atoms with E-state index in [0.29, 0.717) is 15.9 Å². The van der Waals surface area contributed by atoms with Crippen LogP contribution in [-0.2, 0) is 4.84 Å². The van der Waals surface area contributed by atoms with Gasteiger partial charge in [0.15, 0.2) is 7.11 Å². The predicted molar refractivity (Wildman–Crippen MR) is 53.5 cm³/mol. The van der Waals surface area contributed by atoms with Gasteiger partial charge in [-0.3, -0.25) is 0 Å². The van der Waals surface area contributed by atoms with Crippen LogP contribution in [0, 0.1) is 4.91 Å². The average molecular weight is 222 g/mol. The maximum absolute atomic E-state index is 11.1. The minimum atomic E-state index is -1.15. The second-order valence-electron chi connectivity index (χ2n) is 3.08. The Labute approximate surface area is 89.6 Å². The van der Waals surface area contributed by atoms with E-state index in [-0.39, 0.29) is 11.4 Å². The summed E-state index contributed by atoms with van der Waals surface area (Å²) in [6.45, 7) is 0. The highest BCUT2D eigenvalue weighted by atomic mass is 16.8. The Balaban J connectivity index is 2.53. The molecule has 2 aromatic rings. The van der Waals surface area contributed by atoms with Gasteiger partial charge in [-0.25, -0.2) is 9.63 Å². The van der Waals surface area contributed by atoms with Crippen molar-refractivity contribution in [2.24, 2.45) is 0 Å². The molecule has 6 nitrogen and oxygen atoms in total. The van der Waals surface area contributed by atoms with Crippen LogP contribution in [0.3, 0.4) is 0 Å². The van der Waals surface area contributed by atoms with E-state index in [2.05, 4.69) is 4.84 Å². The molecule has 0 atom stereocenters. The molecule has 2 rings (SSSR count). The Morgan fingerprint density at radius 1 is 1.44 bits per heavy atom. The van der Waals surface area contributed by atoms with Gasteiger partial charge in [-0.15, -0.1) is 0 Å². The minimum Gasteiger partial charge on any atom is -0.475 e. The summed E-state index contributed by atoms with van der Waals surface area (Å²) in [4.78, 5) is 26.6. The van der Waals surface area contributed by atoms with Crippen molar-refractivity contribution < 1.29 is 24.1 Å². The van der Waals surface area contributed by atoms with E-state index in [1.54, 1.807) is 0 Å². The number of hydrogen-bond donors (Lipinski definition) is 1. The highest BCUT2D eigenvalue weighted by Crippen LogP contribution is 2.24. The zero-order valence-corrected chi connectivity index (χ0v) is 8.34. The maximum atomic E-state index is 11.1. The fourth-order valence-corrected chi connectivity index (χ4v) is 1.36. The Morgan fingerprint density at radius 3 is 2.81 bits per heavy atom. The normalized spacial score (nSPS) is 10.3. The zero-order valence-electron chi connectivity index (χ0n) is 8.34. The molecule has 0 aliphatic rings. The first kappa shape index (κ1) is 10.2. The monoisotopic (exact) mass is 222 g/mol. The van der Waals surface area contributed by atoms with Gasteiger partial charge >= 0.3 is 11.7 Å². The number of nitrogens with zero attached hydrogens (tertiary/aromatic N) is 1. The molecule has 0 amide bonds. The lowest BCUT2D eigenvalue weighted by molar-refractivity contribution is -0.736. The molecular weight excluding hydrogens is 214 g/mol. The number of furan rings is 1. The zero-order chi connectivity index (χ0) is 11.7. The summed E-state index contributed by atoms with van der Waals surface area (Å²) >= 11 is 0. The molecular formula is C10H8NO5+. The van der Waals surface area contributed by atoms with Crippen LogP contribution in [0.25, 0.3) is 11.0 Å². The first-order valence-electron chi connectivity index (χ1n) is 4.40. The van der Waals surface area contributed by atoms with Crippen molar-refractivity contribution in [1.82, 2.24) is 0 Å². The van der Waals surface area contributed by atoms with E-state index < -0.39 is 5.97 Å². The molecule has 0 bridgehead atoms. The lowest BCUT2D eigenvalue weighted by Crippen LogP contribution is -1.96. The van der Waals surface area contributed by atoms with Gasteiger partial charge in [-0.2, -0.15) is 0 Å². The lowest BCUT2D eigenvalue weighted by atomic mass is 10.2. The number of hydrogen-bond acceptors (Lipinski definition) is 4. The molecule has 0 aliphatic heterocycles. The van der Waals surface area contributed by atoms with E-state index in [9.17, 15) is 9.70 Å². The standard InChI is InChI=1S/C10H7NO5/c1-15-11(14)7-2-3-8-6(4-7)5-9(16-8)10(12)13/h2-5H,1H3/p+1. The van der Waals surface area contributed by atoms with Crippen LogP contribution in [0.4, 0.5) is 5.69 Å². The van der Waals surface area contributed by atoms with E-state index in [0.717, 1.165) is 0 Å². The summed E-state index contributed by atoms with van der Waals surface area (Å²) in [5, 5.41) is 9.25. The summed E-state index contributed by atoms with van der Waals surface area (Å²) in [5.74, 6) is -1.31. The van der Waals surface area contributed by atoms with Crippen molar-refractivity contribution >= 4 is 22.6 Å². The number of fused-ring (bicyclic) bond motifs is 1. The summed E-state index contributed by atoms with van der Waals surface area (Å²) in [6, 6.07) is 5.83. The molecule has 0 radical (unpaired) electrons. The third kappa shape index (κ3) is 1.60. The van der Waals surface area contributed by atoms with Gasteiger partial charge in [0, 0.05) is 17.5 Å². The topological polar surface area (TPSA) is 79.8 Å². The number of carbonyl (C=O) groups is 1. The summed E-state index contributed by atoms with van der Waals surface area (Å²) in [5.41, 5.74) is 0.679. The SMILES string of the molecule is CO[N+](=O)c1ccc2oc(C(=O)O)cc2c1. The Morgan fingerprint density at radius 2 is 2.19 bits per heavy atom. The van der Waals surface area contributed by atoms with Crippen LogP contribution in [-0.4, -0.2) is 23.1 Å². The highest BCUT2D eigenvalue weighted by Gasteiger charge is 2.17. The Hall–Kier alpha value is -2.37. The molecule has 0 unspecified atom stereocenters. The molecule has 0 saturated heterocycles. The first-order valence-corrected chi connectivity index (χ1v) is 4.40. The van der Waals surface area contributed by atoms with E-state index in [1.165, 1.54) is 31.4 Å². The fraction of sp³-hybridized carbons (Fsp3) is 0.100. The Kier molecular flexibility index (Phi) is 2.32. The van der Waals surface area contributed by atoms with Gasteiger partial charge in [0.25, 0.3) is 4.92 Å². The van der Waals surface area contributed by atoms with E-state index >= 15 is 0 Å². The summed E-state index contributed by atoms with van der Waals surface area (Å²) in [6.07, 6.45) is 0. The van der Waals surface area contributed by atoms with Crippen molar-refractivity contribution in [2.75, 3.05) is 7.11 Å². The van der Waals surface area contributed by atoms with Gasteiger partial charge in [0.2, 0.25) is 5.76 Å². The predicted octanol–water partition coefficient (Wildman–Crippen LogP) is 2.10. The van der Waals surface area contributed by atoms with Crippen LogP contribution in [0.2, 0.25) is 0 Å². The van der Waals surface area contributed by atoms with Crippen molar-refractivity contribution in [2.45, 2.75) is 0 Å². The van der Waals surface area contributed by atoms with Gasteiger partial charge in [-0.05, 0) is 12.1 Å². The van der Waals surface area contributed by atoms with Gasteiger partial charge < -0.3 is 9.52 Å². The van der Waals surface area contributed by atoms with Crippen LogP contribution in [0.15, 0.2) is 28.7 Å². The van der Waals surface area contributed by atoms with Crippen molar-refractivity contribution in [3.05, 3.63) is 34.9 Å². The van der Waals surface area contributed by atoms with Crippen molar-refractivity contribution in [3.63, 3.8) is 0 Å². The molecule has 0 fully saturated rings. The van der Waals surface area contributed by atoms with Crippen LogP contribution in [0.1, 0.15) is 10.6 Å². The number of rotatable bonds is 3. The molecule has 1 N–H and O–H groups in total. The summed E-state index contributed by atoms with van der Waals surface area (Å²) < 4.78 is 5.04. The van der Waals surface area contributed by atoms with E-state index in [1.807, 2.05) is 0 Å². The first-order chi connectivity index (χ1) is 7.61. The second kappa shape index (κ2) is 3.65. The largest absolute Gasteiger partial charge is 0.475 e. The van der Waals surface area contributed by atoms with Crippen LogP contribution in [0.5, 0.6) is 0 Å². The van der Waals surface area contributed by atoms with E-state index in [4.69, 9.17) is 9.52 Å². The quantitative estimate of drug-likeness (QED) is 0.804. The molecule has 0 saturated carbocycles. The van der Waals surface area contributed by atoms with Gasteiger partial charge in [0.1, 0.15) is 5.58 Å². The van der Waals surface area contributed by atoms with Crippen LogP contribution >= 0.6 is 0 Å². The molecule has 6 heteroatoms. The Bertz CT molecular complexity index is 572. The average Bonchev–Trinajstić information content (AvgIpc) is 2.70. The minimum absolute atomic E-state index is 0.165. The fourth-order valence-electron chi connectivity index (χ4n) is 1.36. The number of carboxylic acids is 1. The number of carboxylic acid groups (broad SMARTS) is 1. The molecule has 1 heterocycles. The molecule has 16 heavy (non-hydrogen) atoms. The molecule has 0 aliphatic carbocycles. The van der Waals surface area contributed by atoms with Crippen molar-refractivity contribution in [1.29, 1.82) is 0 Å². The second-order valence-corrected chi connectivity index (χ2v) is 3.08. The third-order valence-corrected chi connectivity index (χ3v) is 2.09.